The van der Waals surface area contributed by atoms with E-state index in [2.05, 4.69) is 35.8 Å². The summed E-state index contributed by atoms with van der Waals surface area (Å²) in [5.74, 6) is 0.777. The van der Waals surface area contributed by atoms with Gasteiger partial charge >= 0.3 is 0 Å². The highest BCUT2D eigenvalue weighted by Gasteiger charge is 2.24. The maximum atomic E-state index is 12.4. The lowest BCUT2D eigenvalue weighted by molar-refractivity contribution is -0.138. The van der Waals surface area contributed by atoms with Crippen LogP contribution in [-0.2, 0) is 9.53 Å². The molecule has 0 aromatic heterocycles. The molecule has 0 spiro atoms. The highest BCUT2D eigenvalue weighted by Crippen LogP contribution is 2.29. The number of carbonyl (C=O) groups is 1. The first-order valence-corrected chi connectivity index (χ1v) is 8.54. The largest absolute Gasteiger partial charge is 0.371 e. The third kappa shape index (κ3) is 4.82. The number of hydrogen-bond acceptors (Lipinski definition) is 2. The van der Waals surface area contributed by atoms with Crippen LogP contribution in [0.1, 0.15) is 44.7 Å². The molecule has 0 radical (unpaired) electrons. The summed E-state index contributed by atoms with van der Waals surface area (Å²) in [6.45, 7) is 5.86. The number of nitrogens with zero attached hydrogens (tertiary/aromatic N) is 1. The number of benzene rings is 1. The third-order valence-corrected chi connectivity index (χ3v) is 4.61. The lowest BCUT2D eigenvalue weighted by Gasteiger charge is -2.30. The summed E-state index contributed by atoms with van der Waals surface area (Å²) in [7, 11) is 0. The Balaban J connectivity index is 1.98. The Morgan fingerprint density at radius 2 is 2.14 bits per heavy atom. The van der Waals surface area contributed by atoms with Crippen molar-refractivity contribution in [2.45, 2.75) is 39.2 Å². The minimum absolute atomic E-state index is 0.0533. The van der Waals surface area contributed by atoms with Crippen LogP contribution in [-0.4, -0.2) is 30.6 Å². The molecule has 0 saturated heterocycles. The summed E-state index contributed by atoms with van der Waals surface area (Å²) in [6, 6.07) is 8.14. The molecule has 116 valence electrons. The minimum atomic E-state index is 0.0533. The molecule has 0 heterocycles. The van der Waals surface area contributed by atoms with E-state index < -0.39 is 0 Å². The van der Waals surface area contributed by atoms with Crippen molar-refractivity contribution in [1.29, 1.82) is 0 Å². The predicted molar refractivity (Wildman–Crippen MR) is 88.1 cm³/mol. The molecule has 1 aliphatic carbocycles. The monoisotopic (exact) mass is 353 g/mol. The fourth-order valence-corrected chi connectivity index (χ4v) is 3.05. The van der Waals surface area contributed by atoms with Gasteiger partial charge in [0, 0.05) is 11.0 Å². The number of carbonyl (C=O) groups excluding carboxylic acids is 1. The molecule has 0 N–H and O–H groups in total. The Labute approximate surface area is 135 Å². The second-order valence-electron chi connectivity index (χ2n) is 5.74. The predicted octanol–water partition coefficient (Wildman–Crippen LogP) is 4.18. The highest BCUT2D eigenvalue weighted by molar-refractivity contribution is 9.10. The number of hydrogen-bond donors (Lipinski definition) is 0. The Morgan fingerprint density at radius 1 is 1.43 bits per heavy atom. The zero-order valence-corrected chi connectivity index (χ0v) is 14.4. The van der Waals surface area contributed by atoms with Crippen molar-refractivity contribution < 1.29 is 9.53 Å². The van der Waals surface area contributed by atoms with E-state index in [-0.39, 0.29) is 18.6 Å². The van der Waals surface area contributed by atoms with Crippen LogP contribution in [0.3, 0.4) is 0 Å². The third-order valence-electron chi connectivity index (χ3n) is 3.88. The summed E-state index contributed by atoms with van der Waals surface area (Å²) in [5.41, 5.74) is 1.14. The van der Waals surface area contributed by atoms with Crippen molar-refractivity contribution in [2.24, 2.45) is 5.92 Å². The standard InChI is InChI=1S/C17H24BrNO2/c1-3-10-19(17(20)12-21-11-14-8-9-14)13(2)15-6-4-5-7-16(15)18/h4-7,13-14H,3,8-12H2,1-2H3. The number of rotatable bonds is 8. The second-order valence-corrected chi connectivity index (χ2v) is 6.60. The summed E-state index contributed by atoms with van der Waals surface area (Å²) >= 11 is 3.58. The number of amides is 1. The second kappa shape index (κ2) is 7.95. The van der Waals surface area contributed by atoms with Gasteiger partial charge in [0.1, 0.15) is 6.61 Å². The lowest BCUT2D eigenvalue weighted by atomic mass is 10.1. The molecular formula is C17H24BrNO2. The van der Waals surface area contributed by atoms with Gasteiger partial charge in [0.15, 0.2) is 0 Å². The molecule has 2 rings (SSSR count). The van der Waals surface area contributed by atoms with E-state index in [0.29, 0.717) is 5.92 Å². The van der Waals surface area contributed by atoms with Gasteiger partial charge in [0.25, 0.3) is 0 Å². The van der Waals surface area contributed by atoms with Crippen molar-refractivity contribution in [2.75, 3.05) is 19.8 Å². The van der Waals surface area contributed by atoms with Gasteiger partial charge in [-0.3, -0.25) is 4.79 Å². The van der Waals surface area contributed by atoms with Crippen LogP contribution < -0.4 is 0 Å². The van der Waals surface area contributed by atoms with Crippen LogP contribution in [0.25, 0.3) is 0 Å². The maximum Gasteiger partial charge on any atom is 0.249 e. The van der Waals surface area contributed by atoms with Gasteiger partial charge in [-0.1, -0.05) is 41.1 Å². The average molecular weight is 354 g/mol. The van der Waals surface area contributed by atoms with E-state index >= 15 is 0 Å². The molecule has 0 aliphatic heterocycles. The first-order chi connectivity index (χ1) is 10.1. The summed E-state index contributed by atoms with van der Waals surface area (Å²) in [6.07, 6.45) is 3.45. The zero-order chi connectivity index (χ0) is 15.2. The van der Waals surface area contributed by atoms with Crippen molar-refractivity contribution in [3.05, 3.63) is 34.3 Å². The van der Waals surface area contributed by atoms with Gasteiger partial charge < -0.3 is 9.64 Å². The Bertz CT molecular complexity index is 474. The average Bonchev–Trinajstić information content (AvgIpc) is 3.28. The number of ether oxygens (including phenoxy) is 1. The molecule has 1 amide bonds. The Morgan fingerprint density at radius 3 is 2.76 bits per heavy atom. The van der Waals surface area contributed by atoms with Crippen molar-refractivity contribution >= 4 is 21.8 Å². The fourth-order valence-electron chi connectivity index (χ4n) is 2.44. The van der Waals surface area contributed by atoms with Crippen LogP contribution in [0, 0.1) is 5.92 Å². The summed E-state index contributed by atoms with van der Waals surface area (Å²) in [4.78, 5) is 14.4. The van der Waals surface area contributed by atoms with E-state index in [1.165, 1.54) is 12.8 Å². The Hall–Kier alpha value is -0.870. The van der Waals surface area contributed by atoms with Crippen molar-refractivity contribution in [1.82, 2.24) is 4.90 Å². The van der Waals surface area contributed by atoms with Gasteiger partial charge in [-0.25, -0.2) is 0 Å². The fraction of sp³-hybridized carbons (Fsp3) is 0.588. The van der Waals surface area contributed by atoms with Crippen LogP contribution >= 0.6 is 15.9 Å². The van der Waals surface area contributed by atoms with E-state index in [1.54, 1.807) is 0 Å². The molecular weight excluding hydrogens is 330 g/mol. The molecule has 1 unspecified atom stereocenters. The molecule has 0 bridgehead atoms. The maximum absolute atomic E-state index is 12.4. The van der Waals surface area contributed by atoms with Crippen LogP contribution in [0.5, 0.6) is 0 Å². The molecule has 1 aromatic rings. The zero-order valence-electron chi connectivity index (χ0n) is 12.8. The van der Waals surface area contributed by atoms with Gasteiger partial charge in [-0.05, 0) is 43.7 Å². The first kappa shape index (κ1) is 16.5. The lowest BCUT2D eigenvalue weighted by Crippen LogP contribution is -2.37. The van der Waals surface area contributed by atoms with Gasteiger partial charge in [0.05, 0.1) is 12.6 Å². The molecule has 1 aromatic carbocycles. The van der Waals surface area contributed by atoms with E-state index in [1.807, 2.05) is 23.1 Å². The van der Waals surface area contributed by atoms with Crippen LogP contribution in [0.4, 0.5) is 0 Å². The summed E-state index contributed by atoms with van der Waals surface area (Å²) in [5, 5.41) is 0. The molecule has 1 aliphatic rings. The van der Waals surface area contributed by atoms with Crippen molar-refractivity contribution in [3.8, 4) is 0 Å². The summed E-state index contributed by atoms with van der Waals surface area (Å²) < 4.78 is 6.61. The normalized spacial score (nSPS) is 15.8. The highest BCUT2D eigenvalue weighted by atomic mass is 79.9. The van der Waals surface area contributed by atoms with Gasteiger partial charge in [-0.2, -0.15) is 0 Å². The quantitative estimate of drug-likeness (QED) is 0.701. The Kier molecular flexibility index (Phi) is 6.24. The smallest absolute Gasteiger partial charge is 0.249 e. The van der Waals surface area contributed by atoms with Crippen LogP contribution in [0.15, 0.2) is 28.7 Å². The SMILES string of the molecule is CCCN(C(=O)COCC1CC1)C(C)c1ccccc1Br. The first-order valence-electron chi connectivity index (χ1n) is 7.75. The van der Waals surface area contributed by atoms with E-state index in [4.69, 9.17) is 4.74 Å². The van der Waals surface area contributed by atoms with E-state index in [0.717, 1.165) is 29.6 Å². The van der Waals surface area contributed by atoms with E-state index in [9.17, 15) is 4.79 Å². The van der Waals surface area contributed by atoms with Crippen LogP contribution in [0.2, 0.25) is 0 Å². The molecule has 3 nitrogen and oxygen atoms in total. The number of halogens is 1. The van der Waals surface area contributed by atoms with Gasteiger partial charge in [0.2, 0.25) is 5.91 Å². The molecule has 21 heavy (non-hydrogen) atoms. The van der Waals surface area contributed by atoms with Crippen molar-refractivity contribution in [3.63, 3.8) is 0 Å². The minimum Gasteiger partial charge on any atom is -0.371 e. The molecule has 4 heteroatoms. The molecule has 1 atom stereocenters. The topological polar surface area (TPSA) is 29.5 Å². The molecule has 1 saturated carbocycles. The molecule has 1 fully saturated rings. The van der Waals surface area contributed by atoms with Gasteiger partial charge in [-0.15, -0.1) is 0 Å².